The van der Waals surface area contributed by atoms with E-state index in [0.717, 1.165) is 30.7 Å². The van der Waals surface area contributed by atoms with E-state index in [0.29, 0.717) is 30.0 Å². The predicted octanol–water partition coefficient (Wildman–Crippen LogP) is 1.83. The maximum absolute atomic E-state index is 11.8. The summed E-state index contributed by atoms with van der Waals surface area (Å²) in [7, 11) is 3.23. The van der Waals surface area contributed by atoms with E-state index >= 15 is 0 Å². The first-order valence-electron chi connectivity index (χ1n) is 9.25. The molecular formula is C19H26N4O4. The Labute approximate surface area is 158 Å². The number of nitrogens with zero attached hydrogens (tertiary/aromatic N) is 4. The Morgan fingerprint density at radius 1 is 1.37 bits per heavy atom. The van der Waals surface area contributed by atoms with Gasteiger partial charge in [-0.15, -0.1) is 5.10 Å². The first kappa shape index (κ1) is 19.3. The Morgan fingerprint density at radius 2 is 2.19 bits per heavy atom. The van der Waals surface area contributed by atoms with Crippen LogP contribution in [0.15, 0.2) is 12.1 Å². The highest BCUT2D eigenvalue weighted by Crippen LogP contribution is 2.30. The molecule has 0 spiro atoms. The van der Waals surface area contributed by atoms with Gasteiger partial charge in [0, 0.05) is 20.1 Å². The fraction of sp³-hybridized carbons (Fsp3) is 0.579. The minimum atomic E-state index is -0.160. The van der Waals surface area contributed by atoms with Crippen molar-refractivity contribution in [1.29, 1.82) is 0 Å². The molecule has 0 aliphatic heterocycles. The van der Waals surface area contributed by atoms with Crippen molar-refractivity contribution in [3.8, 4) is 17.1 Å². The summed E-state index contributed by atoms with van der Waals surface area (Å²) in [5.74, 6) is 0.455. The van der Waals surface area contributed by atoms with Crippen LogP contribution in [0.1, 0.15) is 37.1 Å². The summed E-state index contributed by atoms with van der Waals surface area (Å²) in [6.07, 6.45) is 3.82. The molecule has 8 heteroatoms. The van der Waals surface area contributed by atoms with Gasteiger partial charge in [-0.25, -0.2) is 4.98 Å². The lowest BCUT2D eigenvalue weighted by Crippen LogP contribution is -2.30. The van der Waals surface area contributed by atoms with E-state index in [-0.39, 0.29) is 24.6 Å². The van der Waals surface area contributed by atoms with E-state index in [4.69, 9.17) is 9.47 Å². The third-order valence-corrected chi connectivity index (χ3v) is 5.03. The molecule has 0 saturated heterocycles. The van der Waals surface area contributed by atoms with Crippen LogP contribution in [0.25, 0.3) is 11.4 Å². The van der Waals surface area contributed by atoms with Crippen LogP contribution in [0.3, 0.4) is 0 Å². The third kappa shape index (κ3) is 4.27. The number of methoxy groups -OCH3 is 1. The SMILES string of the molecule is COC(=O)[C@H]1CCC[C@H](Oc2ccc(-c3nnn(C)c3CCO)nc2C)C1. The summed E-state index contributed by atoms with van der Waals surface area (Å²) >= 11 is 0. The van der Waals surface area contributed by atoms with Gasteiger partial charge in [0.2, 0.25) is 0 Å². The number of aliphatic hydroxyl groups excluding tert-OH is 1. The van der Waals surface area contributed by atoms with E-state index in [1.54, 1.807) is 11.7 Å². The van der Waals surface area contributed by atoms with Crippen LogP contribution in [0.2, 0.25) is 0 Å². The molecule has 1 fully saturated rings. The normalized spacial score (nSPS) is 19.7. The zero-order chi connectivity index (χ0) is 19.4. The van der Waals surface area contributed by atoms with Gasteiger partial charge in [0.05, 0.1) is 36.2 Å². The van der Waals surface area contributed by atoms with E-state index in [2.05, 4.69) is 15.3 Å². The predicted molar refractivity (Wildman–Crippen MR) is 98.2 cm³/mol. The average Bonchev–Trinajstić information content (AvgIpc) is 3.04. The van der Waals surface area contributed by atoms with Gasteiger partial charge < -0.3 is 14.6 Å². The molecule has 27 heavy (non-hydrogen) atoms. The van der Waals surface area contributed by atoms with E-state index in [9.17, 15) is 9.90 Å². The molecule has 0 unspecified atom stereocenters. The number of carbonyl (C=O) groups is 1. The molecular weight excluding hydrogens is 348 g/mol. The number of esters is 1. The van der Waals surface area contributed by atoms with Gasteiger partial charge in [0.1, 0.15) is 11.4 Å². The Bertz CT molecular complexity index is 805. The van der Waals surface area contributed by atoms with Gasteiger partial charge in [-0.1, -0.05) is 5.21 Å². The second-order valence-corrected chi connectivity index (χ2v) is 6.89. The van der Waals surface area contributed by atoms with Gasteiger partial charge >= 0.3 is 5.97 Å². The highest BCUT2D eigenvalue weighted by atomic mass is 16.5. The van der Waals surface area contributed by atoms with Crippen molar-refractivity contribution >= 4 is 5.97 Å². The molecule has 146 valence electrons. The van der Waals surface area contributed by atoms with Crippen LogP contribution in [-0.2, 0) is 23.0 Å². The number of hydrogen-bond donors (Lipinski definition) is 1. The molecule has 2 heterocycles. The van der Waals surface area contributed by atoms with Gasteiger partial charge in [-0.3, -0.25) is 9.48 Å². The number of aryl methyl sites for hydroxylation is 2. The van der Waals surface area contributed by atoms with E-state index in [1.807, 2.05) is 19.1 Å². The van der Waals surface area contributed by atoms with Crippen molar-refractivity contribution in [2.24, 2.45) is 13.0 Å². The number of hydrogen-bond acceptors (Lipinski definition) is 7. The number of aliphatic hydroxyl groups is 1. The smallest absolute Gasteiger partial charge is 0.308 e. The molecule has 3 rings (SSSR count). The average molecular weight is 374 g/mol. The number of rotatable bonds is 6. The Hall–Kier alpha value is -2.48. The summed E-state index contributed by atoms with van der Waals surface area (Å²) in [4.78, 5) is 16.4. The third-order valence-electron chi connectivity index (χ3n) is 5.03. The largest absolute Gasteiger partial charge is 0.489 e. The molecule has 1 aliphatic rings. The van der Waals surface area contributed by atoms with Gasteiger partial charge in [-0.2, -0.15) is 0 Å². The van der Waals surface area contributed by atoms with Crippen LogP contribution in [-0.4, -0.2) is 50.9 Å². The molecule has 1 saturated carbocycles. The van der Waals surface area contributed by atoms with E-state index in [1.165, 1.54) is 7.11 Å². The van der Waals surface area contributed by atoms with Crippen LogP contribution in [0, 0.1) is 12.8 Å². The first-order chi connectivity index (χ1) is 13.0. The van der Waals surface area contributed by atoms with Gasteiger partial charge in [0.15, 0.2) is 0 Å². The van der Waals surface area contributed by atoms with E-state index < -0.39 is 0 Å². The maximum atomic E-state index is 11.8. The lowest BCUT2D eigenvalue weighted by molar-refractivity contribution is -0.147. The molecule has 2 aromatic heterocycles. The Balaban J connectivity index is 1.75. The van der Waals surface area contributed by atoms with Crippen molar-refractivity contribution in [2.45, 2.75) is 45.1 Å². The van der Waals surface area contributed by atoms with Crippen LogP contribution in [0.4, 0.5) is 0 Å². The molecule has 1 N–H and O–H groups in total. The van der Waals surface area contributed by atoms with Crippen LogP contribution in [0.5, 0.6) is 5.75 Å². The number of carbonyl (C=O) groups excluding carboxylic acids is 1. The molecule has 8 nitrogen and oxygen atoms in total. The van der Waals surface area contributed by atoms with Gasteiger partial charge in [-0.05, 0) is 44.7 Å². The van der Waals surface area contributed by atoms with Crippen molar-refractivity contribution in [1.82, 2.24) is 20.0 Å². The van der Waals surface area contributed by atoms with Crippen molar-refractivity contribution < 1.29 is 19.4 Å². The molecule has 1 aliphatic carbocycles. The fourth-order valence-corrected chi connectivity index (χ4v) is 3.58. The van der Waals surface area contributed by atoms with Gasteiger partial charge in [0.25, 0.3) is 0 Å². The standard InChI is InChI=1S/C19H26N4O4/c1-12-17(27-14-6-4-5-13(11-14)19(25)26-3)8-7-15(20-12)18-16(9-10-24)23(2)22-21-18/h7-8,13-14,24H,4-6,9-11H2,1-3H3/t13-,14-/m0/s1. The number of ether oxygens (including phenoxy) is 2. The first-order valence-corrected chi connectivity index (χ1v) is 9.25. The lowest BCUT2D eigenvalue weighted by Gasteiger charge is -2.28. The molecule has 2 aromatic rings. The number of aromatic nitrogens is 4. The topological polar surface area (TPSA) is 99.4 Å². The molecule has 0 bridgehead atoms. The minimum absolute atomic E-state index is 0.0179. The molecule has 0 aromatic carbocycles. The van der Waals surface area contributed by atoms with Crippen molar-refractivity contribution in [3.63, 3.8) is 0 Å². The number of pyridine rings is 1. The summed E-state index contributed by atoms with van der Waals surface area (Å²) in [6, 6.07) is 3.74. The molecule has 0 amide bonds. The zero-order valence-electron chi connectivity index (χ0n) is 16.0. The highest BCUT2D eigenvalue weighted by molar-refractivity contribution is 5.72. The molecule has 2 atom stereocenters. The summed E-state index contributed by atoms with van der Waals surface area (Å²) < 4.78 is 12.7. The quantitative estimate of drug-likeness (QED) is 0.770. The lowest BCUT2D eigenvalue weighted by atomic mass is 9.87. The Morgan fingerprint density at radius 3 is 2.89 bits per heavy atom. The van der Waals surface area contributed by atoms with Crippen molar-refractivity contribution in [3.05, 3.63) is 23.5 Å². The maximum Gasteiger partial charge on any atom is 0.308 e. The van der Waals surface area contributed by atoms with Crippen molar-refractivity contribution in [2.75, 3.05) is 13.7 Å². The van der Waals surface area contributed by atoms with Crippen LogP contribution < -0.4 is 4.74 Å². The minimum Gasteiger partial charge on any atom is -0.489 e. The molecule has 0 radical (unpaired) electrons. The fourth-order valence-electron chi connectivity index (χ4n) is 3.58. The second kappa shape index (κ2) is 8.47. The monoisotopic (exact) mass is 374 g/mol. The highest BCUT2D eigenvalue weighted by Gasteiger charge is 2.29. The zero-order valence-corrected chi connectivity index (χ0v) is 16.0. The summed E-state index contributed by atoms with van der Waals surface area (Å²) in [5.41, 5.74) is 2.97. The Kier molecular flexibility index (Phi) is 6.05. The summed E-state index contributed by atoms with van der Waals surface area (Å²) in [5, 5.41) is 17.5. The summed E-state index contributed by atoms with van der Waals surface area (Å²) in [6.45, 7) is 1.92. The second-order valence-electron chi connectivity index (χ2n) is 6.89. The van der Waals surface area contributed by atoms with Crippen LogP contribution >= 0.6 is 0 Å².